The summed E-state index contributed by atoms with van der Waals surface area (Å²) in [5.41, 5.74) is 5.45. The average molecular weight is 153 g/mol. The second-order valence-corrected chi connectivity index (χ2v) is 3.19. The normalized spacial score (nSPS) is 10.9. The third-order valence-electron chi connectivity index (χ3n) is 1.35. The molecule has 2 rings (SSSR count). The zero-order valence-corrected chi connectivity index (χ0v) is 6.14. The lowest BCUT2D eigenvalue weighted by Crippen LogP contribution is -1.91. The minimum absolute atomic E-state index is 0.617. The molecule has 0 unspecified atom stereocenters. The van der Waals surface area contributed by atoms with E-state index in [-0.39, 0.29) is 0 Å². The van der Waals surface area contributed by atoms with Crippen molar-refractivity contribution in [1.82, 2.24) is 9.38 Å². The summed E-state index contributed by atoms with van der Waals surface area (Å²) in [7, 11) is 0. The molecule has 0 aliphatic heterocycles. The summed E-state index contributed by atoms with van der Waals surface area (Å²) in [6, 6.07) is 0. The van der Waals surface area contributed by atoms with Crippen LogP contribution >= 0.6 is 11.3 Å². The van der Waals surface area contributed by atoms with E-state index in [9.17, 15) is 0 Å². The Morgan fingerprint density at radius 3 is 3.30 bits per heavy atom. The monoisotopic (exact) mass is 153 g/mol. The van der Waals surface area contributed by atoms with Gasteiger partial charge in [0.15, 0.2) is 0 Å². The number of hydrogen-bond donors (Lipinski definition) is 1. The van der Waals surface area contributed by atoms with Crippen LogP contribution in [0, 0.1) is 0 Å². The maximum Gasteiger partial charge on any atom is 0.119 e. The summed E-state index contributed by atoms with van der Waals surface area (Å²) in [6.07, 6.45) is 5.63. The van der Waals surface area contributed by atoms with Crippen LogP contribution in [0.1, 0.15) is 4.88 Å². The van der Waals surface area contributed by atoms with Gasteiger partial charge < -0.3 is 5.73 Å². The fraction of sp³-hybridized carbons (Fsp3) is 0.167. The second kappa shape index (κ2) is 2.07. The van der Waals surface area contributed by atoms with E-state index in [1.807, 2.05) is 16.8 Å². The fourth-order valence-corrected chi connectivity index (χ4v) is 1.72. The Balaban J connectivity index is 2.67. The molecular weight excluding hydrogens is 146 g/mol. The topological polar surface area (TPSA) is 43.3 Å². The Labute approximate surface area is 62.1 Å². The van der Waals surface area contributed by atoms with Crippen LogP contribution in [-0.2, 0) is 6.54 Å². The molecule has 0 atom stereocenters. The third-order valence-corrected chi connectivity index (χ3v) is 2.41. The van der Waals surface area contributed by atoms with Gasteiger partial charge in [-0.25, -0.2) is 4.98 Å². The number of hydrogen-bond acceptors (Lipinski definition) is 3. The lowest BCUT2D eigenvalue weighted by Gasteiger charge is -1.80. The molecule has 0 aliphatic carbocycles. The maximum absolute atomic E-state index is 5.45. The summed E-state index contributed by atoms with van der Waals surface area (Å²) < 4.78 is 1.98. The van der Waals surface area contributed by atoms with Crippen molar-refractivity contribution in [3.05, 3.63) is 23.6 Å². The molecule has 0 aromatic carbocycles. The standard InChI is InChI=1S/C6H7N3S/c7-1-5-3-9-4-8-2-6(9)10-5/h2-4H,1,7H2. The first-order valence-corrected chi connectivity index (χ1v) is 3.82. The molecule has 3 nitrogen and oxygen atoms in total. The van der Waals surface area contributed by atoms with E-state index in [0.717, 1.165) is 4.83 Å². The van der Waals surface area contributed by atoms with Crippen molar-refractivity contribution in [3.8, 4) is 0 Å². The minimum Gasteiger partial charge on any atom is -0.326 e. The molecular formula is C6H7N3S. The van der Waals surface area contributed by atoms with Gasteiger partial charge in [0.05, 0.1) is 12.5 Å². The van der Waals surface area contributed by atoms with Crippen molar-refractivity contribution in [2.24, 2.45) is 5.73 Å². The van der Waals surface area contributed by atoms with Crippen molar-refractivity contribution in [2.75, 3.05) is 0 Å². The van der Waals surface area contributed by atoms with E-state index in [1.54, 1.807) is 17.7 Å². The zero-order chi connectivity index (χ0) is 6.97. The number of rotatable bonds is 1. The van der Waals surface area contributed by atoms with Gasteiger partial charge in [0.1, 0.15) is 4.83 Å². The lowest BCUT2D eigenvalue weighted by molar-refractivity contribution is 1.07. The van der Waals surface area contributed by atoms with Crippen LogP contribution in [0.25, 0.3) is 4.83 Å². The van der Waals surface area contributed by atoms with Crippen LogP contribution < -0.4 is 5.73 Å². The van der Waals surface area contributed by atoms with Crippen molar-refractivity contribution in [1.29, 1.82) is 0 Å². The summed E-state index contributed by atoms with van der Waals surface area (Å²) in [5.74, 6) is 0. The summed E-state index contributed by atoms with van der Waals surface area (Å²) in [6.45, 7) is 0.617. The smallest absolute Gasteiger partial charge is 0.119 e. The maximum atomic E-state index is 5.45. The highest BCUT2D eigenvalue weighted by atomic mass is 32.1. The van der Waals surface area contributed by atoms with E-state index in [2.05, 4.69) is 4.98 Å². The van der Waals surface area contributed by atoms with E-state index >= 15 is 0 Å². The highest BCUT2D eigenvalue weighted by Crippen LogP contribution is 2.15. The Kier molecular flexibility index (Phi) is 1.22. The van der Waals surface area contributed by atoms with Gasteiger partial charge in [-0.15, -0.1) is 11.3 Å². The molecule has 0 amide bonds. The molecule has 0 spiro atoms. The molecule has 2 N–H and O–H groups in total. The SMILES string of the molecule is NCc1cn2cncc2s1. The lowest BCUT2D eigenvalue weighted by atomic mass is 10.6. The molecule has 2 aromatic heterocycles. The molecule has 4 heteroatoms. The van der Waals surface area contributed by atoms with Crippen molar-refractivity contribution in [2.45, 2.75) is 6.54 Å². The van der Waals surface area contributed by atoms with Crippen LogP contribution in [0.4, 0.5) is 0 Å². The van der Waals surface area contributed by atoms with Gasteiger partial charge in [0.25, 0.3) is 0 Å². The Bertz CT molecular complexity index is 307. The number of nitrogens with two attached hydrogens (primary N) is 1. The van der Waals surface area contributed by atoms with Crippen LogP contribution in [0.15, 0.2) is 18.7 Å². The van der Waals surface area contributed by atoms with Crippen LogP contribution in [0.2, 0.25) is 0 Å². The van der Waals surface area contributed by atoms with Gasteiger partial charge in [0.2, 0.25) is 0 Å². The largest absolute Gasteiger partial charge is 0.326 e. The van der Waals surface area contributed by atoms with Crippen molar-refractivity contribution >= 4 is 16.2 Å². The quantitative estimate of drug-likeness (QED) is 0.660. The highest BCUT2D eigenvalue weighted by Gasteiger charge is 1.97. The zero-order valence-electron chi connectivity index (χ0n) is 5.32. The molecule has 0 bridgehead atoms. The number of aromatic nitrogens is 2. The van der Waals surface area contributed by atoms with Gasteiger partial charge in [-0.1, -0.05) is 0 Å². The predicted molar refractivity (Wildman–Crippen MR) is 41.0 cm³/mol. The van der Waals surface area contributed by atoms with Gasteiger partial charge in [-0.05, 0) is 0 Å². The Hall–Kier alpha value is -0.870. The highest BCUT2D eigenvalue weighted by molar-refractivity contribution is 7.17. The first kappa shape index (κ1) is 5.88. The predicted octanol–water partition coefficient (Wildman–Crippen LogP) is 0.854. The molecule has 2 heterocycles. The number of imidazole rings is 1. The average Bonchev–Trinajstić information content (AvgIpc) is 2.42. The van der Waals surface area contributed by atoms with Crippen molar-refractivity contribution < 1.29 is 0 Å². The Morgan fingerprint density at radius 1 is 1.70 bits per heavy atom. The van der Waals surface area contributed by atoms with Gasteiger partial charge in [-0.3, -0.25) is 4.40 Å². The van der Waals surface area contributed by atoms with Gasteiger partial charge in [0, 0.05) is 17.6 Å². The van der Waals surface area contributed by atoms with Gasteiger partial charge in [-0.2, -0.15) is 0 Å². The molecule has 0 saturated heterocycles. The number of nitrogens with zero attached hydrogens (tertiary/aromatic N) is 2. The van der Waals surface area contributed by atoms with Crippen LogP contribution in [0.3, 0.4) is 0 Å². The number of thiazole rings is 1. The third kappa shape index (κ3) is 0.732. The summed E-state index contributed by atoms with van der Waals surface area (Å²) >= 11 is 1.68. The van der Waals surface area contributed by atoms with E-state index in [1.165, 1.54) is 4.88 Å². The van der Waals surface area contributed by atoms with Crippen LogP contribution in [0.5, 0.6) is 0 Å². The molecule has 0 saturated carbocycles. The van der Waals surface area contributed by atoms with Crippen molar-refractivity contribution in [3.63, 3.8) is 0 Å². The number of fused-ring (bicyclic) bond motifs is 1. The minimum atomic E-state index is 0.617. The Morgan fingerprint density at radius 2 is 2.60 bits per heavy atom. The molecule has 0 aliphatic rings. The van der Waals surface area contributed by atoms with E-state index < -0.39 is 0 Å². The molecule has 0 fully saturated rings. The second-order valence-electron chi connectivity index (χ2n) is 2.04. The molecule has 52 valence electrons. The molecule has 2 aromatic rings. The first-order valence-electron chi connectivity index (χ1n) is 3.00. The fourth-order valence-electron chi connectivity index (χ4n) is 0.879. The van der Waals surface area contributed by atoms with E-state index in [4.69, 9.17) is 5.73 Å². The first-order chi connectivity index (χ1) is 4.90. The molecule has 10 heavy (non-hydrogen) atoms. The summed E-state index contributed by atoms with van der Waals surface area (Å²) in [5, 5.41) is 0. The molecule has 0 radical (unpaired) electrons. The van der Waals surface area contributed by atoms with Crippen LogP contribution in [-0.4, -0.2) is 9.38 Å². The summed E-state index contributed by atoms with van der Waals surface area (Å²) in [4.78, 5) is 6.31. The van der Waals surface area contributed by atoms with Gasteiger partial charge >= 0.3 is 0 Å². The van der Waals surface area contributed by atoms with E-state index in [0.29, 0.717) is 6.54 Å².